The Labute approximate surface area is 200 Å². The predicted molar refractivity (Wildman–Crippen MR) is 126 cm³/mol. The Morgan fingerprint density at radius 1 is 1.03 bits per heavy atom. The topological polar surface area (TPSA) is 93.2 Å². The molecule has 0 aromatic heterocycles. The lowest BCUT2D eigenvalue weighted by atomic mass is 9.83. The number of hydrogen-bond acceptors (Lipinski definition) is 6. The molecule has 2 heterocycles. The molecule has 1 saturated heterocycles. The molecule has 8 heteroatoms. The molecule has 0 radical (unpaired) electrons. The Bertz CT molecular complexity index is 968. The molecule has 0 spiro atoms. The minimum Gasteiger partial charge on any atom is -0.466 e. The van der Waals surface area contributed by atoms with E-state index in [0.717, 1.165) is 11.1 Å². The second kappa shape index (κ2) is 11.3. The lowest BCUT2D eigenvalue weighted by molar-refractivity contribution is -0.152. The fourth-order valence-corrected chi connectivity index (χ4v) is 4.65. The lowest BCUT2D eigenvalue weighted by Crippen LogP contribution is -2.49. The molecule has 1 fully saturated rings. The first-order valence-electron chi connectivity index (χ1n) is 12.0. The van der Waals surface area contributed by atoms with Crippen molar-refractivity contribution < 1.29 is 28.7 Å². The molecule has 2 aliphatic heterocycles. The van der Waals surface area contributed by atoms with Crippen molar-refractivity contribution in [2.24, 2.45) is 5.92 Å². The average molecular weight is 471 g/mol. The molecule has 2 aliphatic rings. The van der Waals surface area contributed by atoms with Crippen LogP contribution in [0.4, 0.5) is 0 Å². The molecular formula is C26H34N2O6. The van der Waals surface area contributed by atoms with Crippen LogP contribution in [0.1, 0.15) is 57.1 Å². The number of hydrogen-bond donors (Lipinski definition) is 0. The molecule has 0 aliphatic carbocycles. The van der Waals surface area contributed by atoms with E-state index in [1.54, 1.807) is 25.7 Å². The van der Waals surface area contributed by atoms with E-state index in [2.05, 4.69) is 0 Å². The maximum atomic E-state index is 13.2. The van der Waals surface area contributed by atoms with Crippen LogP contribution in [0.25, 0.3) is 0 Å². The molecular weight excluding hydrogens is 436 g/mol. The third-order valence-electron chi connectivity index (χ3n) is 6.49. The van der Waals surface area contributed by atoms with Crippen LogP contribution in [0.2, 0.25) is 0 Å². The summed E-state index contributed by atoms with van der Waals surface area (Å²) in [5, 5.41) is 0. The number of aryl methyl sites for hydroxylation is 1. The van der Waals surface area contributed by atoms with Gasteiger partial charge in [0.15, 0.2) is 0 Å². The van der Waals surface area contributed by atoms with E-state index in [0.29, 0.717) is 37.3 Å². The Kier molecular flexibility index (Phi) is 8.47. The molecule has 0 bridgehead atoms. The number of carbonyl (C=O) groups is 4. The summed E-state index contributed by atoms with van der Waals surface area (Å²) in [5.74, 6) is -2.03. The highest BCUT2D eigenvalue weighted by molar-refractivity contribution is 5.97. The van der Waals surface area contributed by atoms with Crippen molar-refractivity contribution in [3.8, 4) is 0 Å². The van der Waals surface area contributed by atoms with Gasteiger partial charge in [-0.1, -0.05) is 29.8 Å². The van der Waals surface area contributed by atoms with E-state index in [4.69, 9.17) is 9.47 Å². The number of allylic oxidation sites excluding steroid dienone is 1. The Morgan fingerprint density at radius 2 is 1.71 bits per heavy atom. The van der Waals surface area contributed by atoms with Crippen LogP contribution < -0.4 is 0 Å². The Balaban J connectivity index is 1.84. The van der Waals surface area contributed by atoms with Crippen LogP contribution in [-0.2, 0) is 28.7 Å². The SMILES string of the molecule is CCOC(=O)C1=C(C)N(CC(=O)N2CCCC(C(=O)OCC)C2)C(=O)CC1c1ccc(C)cc1. The standard InChI is InChI=1S/C26H34N2O6/c1-5-33-25(31)20-8-7-13-27(15-20)23(30)16-28-18(4)24(26(32)34-6-2)21(14-22(28)29)19-11-9-17(3)10-12-19/h9-12,20-21H,5-8,13-16H2,1-4H3. The number of nitrogens with zero attached hydrogens (tertiary/aromatic N) is 2. The highest BCUT2D eigenvalue weighted by Crippen LogP contribution is 2.37. The molecule has 2 amide bonds. The monoisotopic (exact) mass is 470 g/mol. The molecule has 8 nitrogen and oxygen atoms in total. The van der Waals surface area contributed by atoms with E-state index in [1.807, 2.05) is 31.2 Å². The summed E-state index contributed by atoms with van der Waals surface area (Å²) in [6, 6.07) is 7.74. The molecule has 1 aromatic rings. The smallest absolute Gasteiger partial charge is 0.336 e. The zero-order valence-corrected chi connectivity index (χ0v) is 20.5. The van der Waals surface area contributed by atoms with E-state index in [-0.39, 0.29) is 49.8 Å². The van der Waals surface area contributed by atoms with E-state index in [1.165, 1.54) is 4.90 Å². The van der Waals surface area contributed by atoms with Crippen LogP contribution in [0, 0.1) is 12.8 Å². The van der Waals surface area contributed by atoms with Crippen molar-refractivity contribution >= 4 is 23.8 Å². The van der Waals surface area contributed by atoms with E-state index in [9.17, 15) is 19.2 Å². The van der Waals surface area contributed by atoms with Gasteiger partial charge in [0.25, 0.3) is 0 Å². The van der Waals surface area contributed by atoms with Crippen LogP contribution in [-0.4, -0.2) is 66.4 Å². The summed E-state index contributed by atoms with van der Waals surface area (Å²) >= 11 is 0. The zero-order chi connectivity index (χ0) is 24.8. The molecule has 34 heavy (non-hydrogen) atoms. The fraction of sp³-hybridized carbons (Fsp3) is 0.538. The van der Waals surface area contributed by atoms with Crippen molar-refractivity contribution in [3.63, 3.8) is 0 Å². The van der Waals surface area contributed by atoms with Gasteiger partial charge in [0.2, 0.25) is 11.8 Å². The van der Waals surface area contributed by atoms with Crippen molar-refractivity contribution in [2.45, 2.75) is 52.9 Å². The average Bonchev–Trinajstić information content (AvgIpc) is 2.82. The number of piperidine rings is 1. The Hall–Kier alpha value is -3.16. The van der Waals surface area contributed by atoms with Gasteiger partial charge in [-0.3, -0.25) is 14.4 Å². The van der Waals surface area contributed by atoms with Crippen LogP contribution in [0.5, 0.6) is 0 Å². The molecule has 1 aromatic carbocycles. The number of ether oxygens (including phenoxy) is 2. The van der Waals surface area contributed by atoms with Crippen LogP contribution in [0.15, 0.2) is 35.5 Å². The minimum absolute atomic E-state index is 0.0767. The summed E-state index contributed by atoms with van der Waals surface area (Å²) in [5.41, 5.74) is 2.79. The van der Waals surface area contributed by atoms with Gasteiger partial charge >= 0.3 is 11.9 Å². The normalized spacial score (nSPS) is 20.9. The highest BCUT2D eigenvalue weighted by atomic mass is 16.5. The van der Waals surface area contributed by atoms with Gasteiger partial charge in [-0.25, -0.2) is 4.79 Å². The highest BCUT2D eigenvalue weighted by Gasteiger charge is 2.38. The molecule has 0 saturated carbocycles. The van der Waals surface area contributed by atoms with Gasteiger partial charge in [-0.05, 0) is 46.1 Å². The van der Waals surface area contributed by atoms with Crippen molar-refractivity contribution in [1.82, 2.24) is 9.80 Å². The van der Waals surface area contributed by atoms with Gasteiger partial charge in [-0.2, -0.15) is 0 Å². The van der Waals surface area contributed by atoms with Crippen LogP contribution in [0.3, 0.4) is 0 Å². The molecule has 3 rings (SSSR count). The van der Waals surface area contributed by atoms with E-state index < -0.39 is 11.9 Å². The number of rotatable bonds is 7. The third-order valence-corrected chi connectivity index (χ3v) is 6.49. The predicted octanol–water partition coefficient (Wildman–Crippen LogP) is 2.95. The van der Waals surface area contributed by atoms with Gasteiger partial charge < -0.3 is 19.3 Å². The molecule has 0 N–H and O–H groups in total. The summed E-state index contributed by atoms with van der Waals surface area (Å²) in [6.07, 6.45) is 1.45. The van der Waals surface area contributed by atoms with Crippen molar-refractivity contribution in [2.75, 3.05) is 32.8 Å². The van der Waals surface area contributed by atoms with Gasteiger partial charge in [0.1, 0.15) is 6.54 Å². The van der Waals surface area contributed by atoms with Crippen molar-refractivity contribution in [1.29, 1.82) is 0 Å². The number of amides is 2. The second-order valence-electron chi connectivity index (χ2n) is 8.80. The molecule has 184 valence electrons. The van der Waals surface area contributed by atoms with Gasteiger partial charge in [0.05, 0.1) is 24.7 Å². The summed E-state index contributed by atoms with van der Waals surface area (Å²) < 4.78 is 10.4. The molecule has 2 unspecified atom stereocenters. The van der Waals surface area contributed by atoms with Crippen LogP contribution >= 0.6 is 0 Å². The first-order chi connectivity index (χ1) is 16.3. The lowest BCUT2D eigenvalue weighted by Gasteiger charge is -2.37. The fourth-order valence-electron chi connectivity index (χ4n) is 4.65. The quantitative estimate of drug-likeness (QED) is 0.569. The number of carbonyl (C=O) groups excluding carboxylic acids is 4. The summed E-state index contributed by atoms with van der Waals surface area (Å²) in [4.78, 5) is 54.3. The van der Waals surface area contributed by atoms with Crippen molar-refractivity contribution in [3.05, 3.63) is 46.7 Å². The zero-order valence-electron chi connectivity index (χ0n) is 20.5. The van der Waals surface area contributed by atoms with E-state index >= 15 is 0 Å². The number of benzene rings is 1. The largest absolute Gasteiger partial charge is 0.466 e. The minimum atomic E-state index is -0.476. The first-order valence-corrected chi connectivity index (χ1v) is 12.0. The third kappa shape index (κ3) is 5.66. The number of likely N-dealkylation sites (tertiary alicyclic amines) is 1. The Morgan fingerprint density at radius 3 is 2.35 bits per heavy atom. The maximum Gasteiger partial charge on any atom is 0.336 e. The molecule has 2 atom stereocenters. The van der Waals surface area contributed by atoms with Gasteiger partial charge in [-0.15, -0.1) is 0 Å². The maximum absolute atomic E-state index is 13.2. The second-order valence-corrected chi connectivity index (χ2v) is 8.80. The van der Waals surface area contributed by atoms with Gasteiger partial charge in [0, 0.05) is 31.1 Å². The summed E-state index contributed by atoms with van der Waals surface area (Å²) in [6.45, 7) is 8.30. The number of esters is 2. The first kappa shape index (κ1) is 25.5. The summed E-state index contributed by atoms with van der Waals surface area (Å²) in [7, 11) is 0.